The summed E-state index contributed by atoms with van der Waals surface area (Å²) >= 11 is 0. The quantitative estimate of drug-likeness (QED) is 0.723. The van der Waals surface area contributed by atoms with Crippen LogP contribution in [0.2, 0.25) is 0 Å². The van der Waals surface area contributed by atoms with Gasteiger partial charge in [0.25, 0.3) is 5.91 Å². The van der Waals surface area contributed by atoms with E-state index in [1.807, 2.05) is 36.7 Å². The highest BCUT2D eigenvalue weighted by Crippen LogP contribution is 2.24. The van der Waals surface area contributed by atoms with Crippen LogP contribution in [0.25, 0.3) is 11.0 Å². The molecule has 1 aliphatic heterocycles. The van der Waals surface area contributed by atoms with Gasteiger partial charge in [0, 0.05) is 49.7 Å². The van der Waals surface area contributed by atoms with E-state index in [0.717, 1.165) is 61.6 Å². The summed E-state index contributed by atoms with van der Waals surface area (Å²) in [6.07, 6.45) is 0. The number of carbonyl (C=O) groups is 1. The normalized spacial score (nSPS) is 15.1. The van der Waals surface area contributed by atoms with E-state index in [9.17, 15) is 4.79 Å². The fraction of sp³-hybridized carbons (Fsp3) is 0.409. The summed E-state index contributed by atoms with van der Waals surface area (Å²) in [5.41, 5.74) is 5.37. The molecule has 0 atom stereocenters. The van der Waals surface area contributed by atoms with Crippen molar-refractivity contribution >= 4 is 28.3 Å². The van der Waals surface area contributed by atoms with E-state index in [4.69, 9.17) is 0 Å². The minimum Gasteiger partial charge on any atom is -0.369 e. The monoisotopic (exact) mass is 392 g/mol. The van der Waals surface area contributed by atoms with Gasteiger partial charge in [-0.3, -0.25) is 4.79 Å². The number of likely N-dealkylation sites (N-methyl/N-ethyl adjacent to an activating group) is 1. The number of piperazine rings is 1. The third-order valence-corrected chi connectivity index (χ3v) is 5.72. The maximum atomic E-state index is 12.8. The molecule has 7 heteroatoms. The summed E-state index contributed by atoms with van der Waals surface area (Å²) in [7, 11) is 0. The number of nitrogens with one attached hydrogen (secondary N) is 1. The van der Waals surface area contributed by atoms with Crippen LogP contribution in [0.4, 0.5) is 11.4 Å². The molecule has 0 spiro atoms. The first-order valence-electron chi connectivity index (χ1n) is 10.3. The first-order chi connectivity index (χ1) is 14.1. The third kappa shape index (κ3) is 3.96. The number of benzene rings is 2. The molecule has 152 valence electrons. The Morgan fingerprint density at radius 3 is 2.52 bits per heavy atom. The molecule has 0 unspecified atom stereocenters. The molecule has 1 aliphatic rings. The SMILES string of the molecule is CCN1CCN(c2ccc(NC(=O)c3ccc4c(c3)nnn4CC)c(C)c2)CC1. The molecule has 29 heavy (non-hydrogen) atoms. The molecule has 1 aromatic heterocycles. The first-order valence-corrected chi connectivity index (χ1v) is 10.3. The van der Waals surface area contributed by atoms with Gasteiger partial charge in [0.05, 0.1) is 5.52 Å². The van der Waals surface area contributed by atoms with Crippen LogP contribution in [0.1, 0.15) is 29.8 Å². The Hall–Kier alpha value is -2.93. The van der Waals surface area contributed by atoms with Crippen LogP contribution < -0.4 is 10.2 Å². The van der Waals surface area contributed by atoms with Crippen molar-refractivity contribution in [3.05, 3.63) is 47.5 Å². The summed E-state index contributed by atoms with van der Waals surface area (Å²) in [6, 6.07) is 11.8. The van der Waals surface area contributed by atoms with Crippen LogP contribution >= 0.6 is 0 Å². The Balaban J connectivity index is 1.47. The smallest absolute Gasteiger partial charge is 0.255 e. The highest BCUT2D eigenvalue weighted by atomic mass is 16.1. The summed E-state index contributed by atoms with van der Waals surface area (Å²) < 4.78 is 1.82. The highest BCUT2D eigenvalue weighted by molar-refractivity contribution is 6.06. The topological polar surface area (TPSA) is 66.3 Å². The van der Waals surface area contributed by atoms with Crippen molar-refractivity contribution in [1.82, 2.24) is 19.9 Å². The van der Waals surface area contributed by atoms with Crippen molar-refractivity contribution in [2.45, 2.75) is 27.3 Å². The average Bonchev–Trinajstić information content (AvgIpc) is 3.17. The predicted molar refractivity (Wildman–Crippen MR) is 117 cm³/mol. The summed E-state index contributed by atoms with van der Waals surface area (Å²) in [5.74, 6) is -0.134. The number of fused-ring (bicyclic) bond motifs is 1. The molecule has 4 rings (SSSR count). The van der Waals surface area contributed by atoms with Gasteiger partial charge in [-0.15, -0.1) is 5.10 Å². The second kappa shape index (κ2) is 8.21. The largest absolute Gasteiger partial charge is 0.369 e. The lowest BCUT2D eigenvalue weighted by atomic mass is 10.1. The van der Waals surface area contributed by atoms with E-state index in [1.165, 1.54) is 5.69 Å². The minimum absolute atomic E-state index is 0.134. The van der Waals surface area contributed by atoms with Crippen LogP contribution in [-0.2, 0) is 6.54 Å². The Kier molecular flexibility index (Phi) is 5.49. The number of aryl methyl sites for hydroxylation is 2. The molecular weight excluding hydrogens is 364 g/mol. The van der Waals surface area contributed by atoms with E-state index in [1.54, 1.807) is 6.07 Å². The predicted octanol–water partition coefficient (Wildman–Crippen LogP) is 3.15. The van der Waals surface area contributed by atoms with Gasteiger partial charge >= 0.3 is 0 Å². The molecule has 1 N–H and O–H groups in total. The number of nitrogens with zero attached hydrogens (tertiary/aromatic N) is 5. The summed E-state index contributed by atoms with van der Waals surface area (Å²) in [5, 5.41) is 11.3. The molecular formula is C22H28N6O. The van der Waals surface area contributed by atoms with E-state index >= 15 is 0 Å². The number of carbonyl (C=O) groups excluding carboxylic acids is 1. The van der Waals surface area contributed by atoms with Crippen LogP contribution in [0.15, 0.2) is 36.4 Å². The molecule has 0 bridgehead atoms. The molecule has 2 heterocycles. The van der Waals surface area contributed by atoms with E-state index < -0.39 is 0 Å². The maximum absolute atomic E-state index is 12.8. The van der Waals surface area contributed by atoms with Crippen molar-refractivity contribution in [1.29, 1.82) is 0 Å². The summed E-state index contributed by atoms with van der Waals surface area (Å²) in [4.78, 5) is 17.6. The number of hydrogen-bond acceptors (Lipinski definition) is 5. The first kappa shape index (κ1) is 19.4. The molecule has 1 fully saturated rings. The zero-order chi connectivity index (χ0) is 20.4. The zero-order valence-electron chi connectivity index (χ0n) is 17.4. The van der Waals surface area contributed by atoms with Gasteiger partial charge in [0.2, 0.25) is 0 Å². The average molecular weight is 393 g/mol. The minimum atomic E-state index is -0.134. The lowest BCUT2D eigenvalue weighted by Gasteiger charge is -2.35. The number of rotatable bonds is 5. The lowest BCUT2D eigenvalue weighted by Crippen LogP contribution is -2.46. The van der Waals surface area contributed by atoms with Crippen molar-refractivity contribution in [2.75, 3.05) is 42.9 Å². The maximum Gasteiger partial charge on any atom is 0.255 e. The molecule has 0 radical (unpaired) electrons. The fourth-order valence-electron chi connectivity index (χ4n) is 3.85. The van der Waals surface area contributed by atoms with Crippen molar-refractivity contribution in [2.24, 2.45) is 0 Å². The Morgan fingerprint density at radius 1 is 1.03 bits per heavy atom. The van der Waals surface area contributed by atoms with Gasteiger partial charge in [0.15, 0.2) is 0 Å². The van der Waals surface area contributed by atoms with Crippen molar-refractivity contribution in [3.8, 4) is 0 Å². The molecule has 7 nitrogen and oxygen atoms in total. The molecule has 1 amide bonds. The van der Waals surface area contributed by atoms with E-state index in [0.29, 0.717) is 5.56 Å². The molecule has 0 aliphatic carbocycles. The number of anilines is 2. The Bertz CT molecular complexity index is 1020. The van der Waals surface area contributed by atoms with Gasteiger partial charge < -0.3 is 15.1 Å². The van der Waals surface area contributed by atoms with Crippen LogP contribution in [0.3, 0.4) is 0 Å². The van der Waals surface area contributed by atoms with E-state index in [-0.39, 0.29) is 5.91 Å². The van der Waals surface area contributed by atoms with Crippen LogP contribution in [-0.4, -0.2) is 58.5 Å². The molecule has 1 saturated heterocycles. The number of hydrogen-bond donors (Lipinski definition) is 1. The highest BCUT2D eigenvalue weighted by Gasteiger charge is 2.17. The lowest BCUT2D eigenvalue weighted by molar-refractivity contribution is 0.102. The molecule has 2 aromatic carbocycles. The third-order valence-electron chi connectivity index (χ3n) is 5.72. The number of amides is 1. The van der Waals surface area contributed by atoms with Gasteiger partial charge in [-0.2, -0.15) is 0 Å². The van der Waals surface area contributed by atoms with E-state index in [2.05, 4.69) is 44.5 Å². The van der Waals surface area contributed by atoms with Crippen molar-refractivity contribution in [3.63, 3.8) is 0 Å². The fourth-order valence-corrected chi connectivity index (χ4v) is 3.85. The van der Waals surface area contributed by atoms with Gasteiger partial charge in [-0.1, -0.05) is 12.1 Å². The summed E-state index contributed by atoms with van der Waals surface area (Å²) in [6.45, 7) is 12.4. The van der Waals surface area contributed by atoms with Gasteiger partial charge in [-0.25, -0.2) is 4.68 Å². The van der Waals surface area contributed by atoms with Crippen LogP contribution in [0.5, 0.6) is 0 Å². The molecule has 0 saturated carbocycles. The Labute approximate surface area is 171 Å². The standard InChI is InChI=1S/C22H28N6O/c1-4-26-10-12-27(13-11-26)18-7-8-19(16(3)14-18)23-22(29)17-6-9-21-20(15-17)24-25-28(21)5-2/h6-9,14-15H,4-5,10-13H2,1-3H3,(H,23,29). The van der Waals surface area contributed by atoms with Gasteiger partial charge in [0.1, 0.15) is 5.52 Å². The van der Waals surface area contributed by atoms with Gasteiger partial charge in [-0.05, 0) is 62.4 Å². The second-order valence-electron chi connectivity index (χ2n) is 7.48. The van der Waals surface area contributed by atoms with Crippen molar-refractivity contribution < 1.29 is 4.79 Å². The Morgan fingerprint density at radius 2 is 1.83 bits per heavy atom. The second-order valence-corrected chi connectivity index (χ2v) is 7.48. The molecule has 3 aromatic rings. The zero-order valence-corrected chi connectivity index (χ0v) is 17.4. The number of aromatic nitrogens is 3. The van der Waals surface area contributed by atoms with Crippen LogP contribution in [0, 0.1) is 6.92 Å².